The van der Waals surface area contributed by atoms with Crippen LogP contribution in [0.5, 0.6) is 5.75 Å². The summed E-state index contributed by atoms with van der Waals surface area (Å²) in [7, 11) is 1.96. The molecule has 0 aliphatic rings. The Morgan fingerprint density at radius 1 is 1.25 bits per heavy atom. The molecule has 1 N–H and O–H groups in total. The molecule has 0 heterocycles. The highest BCUT2D eigenvalue weighted by atomic mass is 16.5. The fourth-order valence-electron chi connectivity index (χ4n) is 1.93. The summed E-state index contributed by atoms with van der Waals surface area (Å²) in [4.78, 5) is 0. The number of nitrogens with zero attached hydrogens (tertiary/aromatic N) is 1. The molecule has 0 spiro atoms. The molecule has 0 aromatic heterocycles. The predicted molar refractivity (Wildman–Crippen MR) is 82.7 cm³/mol. The maximum atomic E-state index is 8.93. The zero-order chi connectivity index (χ0) is 15.0. The van der Waals surface area contributed by atoms with Crippen LogP contribution in [0.4, 0.5) is 0 Å². The van der Waals surface area contributed by atoms with Crippen molar-refractivity contribution in [1.29, 1.82) is 5.26 Å². The molecule has 1 atom stereocenters. The van der Waals surface area contributed by atoms with Crippen molar-refractivity contribution >= 4 is 0 Å². The van der Waals surface area contributed by atoms with E-state index < -0.39 is 0 Å². The summed E-state index contributed by atoms with van der Waals surface area (Å²) in [5.41, 5.74) is 1.04. The van der Waals surface area contributed by atoms with Gasteiger partial charge in [0.25, 0.3) is 0 Å². The van der Waals surface area contributed by atoms with E-state index in [-0.39, 0.29) is 5.41 Å². The van der Waals surface area contributed by atoms with Crippen LogP contribution in [-0.2, 0) is 0 Å². The minimum atomic E-state index is -0.217. The van der Waals surface area contributed by atoms with E-state index in [9.17, 15) is 0 Å². The van der Waals surface area contributed by atoms with Crippen molar-refractivity contribution in [3.8, 4) is 11.8 Å². The molecule has 3 heteroatoms. The molecule has 1 aromatic carbocycles. The molecule has 0 amide bonds. The topological polar surface area (TPSA) is 45.0 Å². The first-order valence-electron chi connectivity index (χ1n) is 7.30. The number of ether oxygens (including phenoxy) is 1. The molecule has 1 unspecified atom stereocenters. The molecular weight excluding hydrogens is 248 g/mol. The molecule has 0 aliphatic carbocycles. The summed E-state index contributed by atoms with van der Waals surface area (Å²) < 4.78 is 5.72. The average Bonchev–Trinajstić information content (AvgIpc) is 2.46. The van der Waals surface area contributed by atoms with Crippen LogP contribution in [-0.4, -0.2) is 13.7 Å². The van der Waals surface area contributed by atoms with Gasteiger partial charge in [0.2, 0.25) is 0 Å². The van der Waals surface area contributed by atoms with E-state index in [1.807, 2.05) is 33.0 Å². The second-order valence-corrected chi connectivity index (χ2v) is 5.88. The van der Waals surface area contributed by atoms with Crippen LogP contribution in [0, 0.1) is 16.7 Å². The van der Waals surface area contributed by atoms with Crippen LogP contribution < -0.4 is 10.1 Å². The Morgan fingerprint density at radius 3 is 2.45 bits per heavy atom. The van der Waals surface area contributed by atoms with Crippen molar-refractivity contribution in [2.45, 2.75) is 46.1 Å². The number of nitriles is 1. The summed E-state index contributed by atoms with van der Waals surface area (Å²) >= 11 is 0. The van der Waals surface area contributed by atoms with E-state index in [0.29, 0.717) is 12.6 Å². The fraction of sp³-hybridized carbons (Fsp3) is 0.588. The highest BCUT2D eigenvalue weighted by molar-refractivity contribution is 5.28. The second kappa shape index (κ2) is 7.91. The highest BCUT2D eigenvalue weighted by Gasteiger charge is 2.15. The van der Waals surface area contributed by atoms with Crippen molar-refractivity contribution in [1.82, 2.24) is 5.32 Å². The van der Waals surface area contributed by atoms with Crippen molar-refractivity contribution in [2.75, 3.05) is 13.7 Å². The lowest BCUT2D eigenvalue weighted by atomic mass is 9.89. The molecule has 0 saturated heterocycles. The number of rotatable bonds is 8. The largest absolute Gasteiger partial charge is 0.494 e. The first kappa shape index (κ1) is 16.5. The molecule has 0 fully saturated rings. The molecule has 3 nitrogen and oxygen atoms in total. The van der Waals surface area contributed by atoms with Crippen molar-refractivity contribution in [3.63, 3.8) is 0 Å². The zero-order valence-corrected chi connectivity index (χ0v) is 13.1. The lowest BCUT2D eigenvalue weighted by Gasteiger charge is -2.14. The van der Waals surface area contributed by atoms with Crippen LogP contribution in [0.15, 0.2) is 24.3 Å². The molecule has 20 heavy (non-hydrogen) atoms. The van der Waals surface area contributed by atoms with Gasteiger partial charge in [-0.25, -0.2) is 0 Å². The Kier molecular flexibility index (Phi) is 6.54. The maximum Gasteiger partial charge on any atom is 0.119 e. The summed E-state index contributed by atoms with van der Waals surface area (Å²) in [5, 5.41) is 12.1. The van der Waals surface area contributed by atoms with Crippen LogP contribution in [0.1, 0.15) is 51.6 Å². The zero-order valence-electron chi connectivity index (χ0n) is 13.1. The van der Waals surface area contributed by atoms with E-state index in [0.717, 1.165) is 25.0 Å². The highest BCUT2D eigenvalue weighted by Crippen LogP contribution is 2.22. The molecule has 110 valence electrons. The van der Waals surface area contributed by atoms with Gasteiger partial charge in [-0.1, -0.05) is 12.1 Å². The number of hydrogen-bond acceptors (Lipinski definition) is 3. The summed E-state index contributed by atoms with van der Waals surface area (Å²) in [6, 6.07) is 10.9. The van der Waals surface area contributed by atoms with Crippen LogP contribution in [0.2, 0.25) is 0 Å². The quantitative estimate of drug-likeness (QED) is 0.727. The molecule has 0 saturated carbocycles. The molecular formula is C17H26N2O. The summed E-state index contributed by atoms with van der Waals surface area (Å²) in [6.45, 7) is 6.81. The Hall–Kier alpha value is -1.53. The number of nitrogens with one attached hydrogen (secondary N) is 1. The number of hydrogen-bond donors (Lipinski definition) is 1. The van der Waals surface area contributed by atoms with Gasteiger partial charge in [0, 0.05) is 6.04 Å². The van der Waals surface area contributed by atoms with Gasteiger partial charge in [0.15, 0.2) is 0 Å². The Morgan fingerprint density at radius 2 is 1.90 bits per heavy atom. The number of benzene rings is 1. The smallest absolute Gasteiger partial charge is 0.119 e. The minimum absolute atomic E-state index is 0.217. The van der Waals surface area contributed by atoms with Crippen LogP contribution in [0.3, 0.4) is 0 Å². The van der Waals surface area contributed by atoms with E-state index in [1.54, 1.807) is 0 Å². The molecule has 0 aliphatic heterocycles. The first-order valence-corrected chi connectivity index (χ1v) is 7.30. The van der Waals surface area contributed by atoms with Crippen molar-refractivity contribution in [3.05, 3.63) is 29.8 Å². The van der Waals surface area contributed by atoms with Gasteiger partial charge < -0.3 is 10.1 Å². The molecule has 0 radical (unpaired) electrons. The fourth-order valence-corrected chi connectivity index (χ4v) is 1.93. The van der Waals surface area contributed by atoms with E-state index in [1.165, 1.54) is 5.56 Å². The van der Waals surface area contributed by atoms with E-state index in [4.69, 9.17) is 10.00 Å². The van der Waals surface area contributed by atoms with Crippen molar-refractivity contribution in [2.24, 2.45) is 5.41 Å². The van der Waals surface area contributed by atoms with Gasteiger partial charge in [-0.2, -0.15) is 5.26 Å². The third kappa shape index (κ3) is 5.63. The van der Waals surface area contributed by atoms with Gasteiger partial charge in [-0.15, -0.1) is 0 Å². The van der Waals surface area contributed by atoms with Gasteiger partial charge in [0.05, 0.1) is 18.1 Å². The van der Waals surface area contributed by atoms with Gasteiger partial charge >= 0.3 is 0 Å². The Labute approximate surface area is 123 Å². The summed E-state index contributed by atoms with van der Waals surface area (Å²) in [6.07, 6.45) is 2.93. The molecule has 1 aromatic rings. The normalized spacial score (nSPS) is 12.8. The number of unbranched alkanes of at least 4 members (excludes halogenated alkanes) is 1. The lowest BCUT2D eigenvalue weighted by Crippen LogP contribution is -2.12. The molecule has 1 rings (SSSR count). The monoisotopic (exact) mass is 274 g/mol. The standard InChI is InChI=1S/C17H26N2O/c1-14(19-4)15-7-9-16(10-8-15)20-12-6-5-11-17(2,3)13-18/h7-10,14,19H,5-6,11-12H2,1-4H3. The van der Waals surface area contributed by atoms with E-state index in [2.05, 4.69) is 30.4 Å². The summed E-state index contributed by atoms with van der Waals surface area (Å²) in [5.74, 6) is 0.914. The average molecular weight is 274 g/mol. The van der Waals surface area contributed by atoms with Gasteiger partial charge in [-0.05, 0) is 64.8 Å². The van der Waals surface area contributed by atoms with Crippen LogP contribution >= 0.6 is 0 Å². The first-order chi connectivity index (χ1) is 9.48. The third-order valence-electron chi connectivity index (χ3n) is 3.58. The van der Waals surface area contributed by atoms with Gasteiger partial charge in [0.1, 0.15) is 5.75 Å². The molecule has 0 bridgehead atoms. The second-order valence-electron chi connectivity index (χ2n) is 5.88. The SMILES string of the molecule is CNC(C)c1ccc(OCCCCC(C)(C)C#N)cc1. The Bertz CT molecular complexity index is 431. The minimum Gasteiger partial charge on any atom is -0.494 e. The maximum absolute atomic E-state index is 8.93. The third-order valence-corrected chi connectivity index (χ3v) is 3.58. The van der Waals surface area contributed by atoms with Crippen molar-refractivity contribution < 1.29 is 4.74 Å². The van der Waals surface area contributed by atoms with Crippen LogP contribution in [0.25, 0.3) is 0 Å². The van der Waals surface area contributed by atoms with E-state index >= 15 is 0 Å². The Balaban J connectivity index is 2.28. The van der Waals surface area contributed by atoms with Gasteiger partial charge in [-0.3, -0.25) is 0 Å². The lowest BCUT2D eigenvalue weighted by molar-refractivity contribution is 0.295. The predicted octanol–water partition coefficient (Wildman–Crippen LogP) is 4.07.